The molecule has 1 aliphatic heterocycles. The van der Waals surface area contributed by atoms with E-state index in [2.05, 4.69) is 5.32 Å². The first kappa shape index (κ1) is 10.7. The monoisotopic (exact) mass is 218 g/mol. The molecule has 4 heteroatoms. The molecule has 0 radical (unpaired) electrons. The summed E-state index contributed by atoms with van der Waals surface area (Å²) in [6, 6.07) is 9.48. The Balaban J connectivity index is 2.04. The molecular weight excluding hydrogens is 204 g/mol. The average Bonchev–Trinajstić information content (AvgIpc) is 2.43. The molecule has 1 N–H and O–H groups in total. The van der Waals surface area contributed by atoms with Crippen molar-refractivity contribution in [2.75, 3.05) is 6.54 Å². The van der Waals surface area contributed by atoms with Crippen LogP contribution in [0.15, 0.2) is 30.3 Å². The van der Waals surface area contributed by atoms with Crippen LogP contribution in [0.5, 0.6) is 0 Å². The maximum absolute atomic E-state index is 11.6. The molecule has 2 rings (SSSR count). The Morgan fingerprint density at radius 3 is 2.69 bits per heavy atom. The van der Waals surface area contributed by atoms with Gasteiger partial charge in [0.05, 0.1) is 0 Å². The molecule has 4 nitrogen and oxygen atoms in total. The summed E-state index contributed by atoms with van der Waals surface area (Å²) in [5, 5.41) is 2.36. The van der Waals surface area contributed by atoms with Crippen molar-refractivity contribution < 1.29 is 9.59 Å². The van der Waals surface area contributed by atoms with Gasteiger partial charge >= 0.3 is 6.03 Å². The van der Waals surface area contributed by atoms with Gasteiger partial charge in [0, 0.05) is 19.5 Å². The Bertz CT molecular complexity index is 389. The first-order chi connectivity index (χ1) is 7.75. The quantitative estimate of drug-likeness (QED) is 0.818. The molecule has 3 amide bonds. The summed E-state index contributed by atoms with van der Waals surface area (Å²) in [6.07, 6.45) is 1.15. The number of nitrogens with zero attached hydrogens (tertiary/aromatic N) is 1. The Morgan fingerprint density at radius 2 is 1.94 bits per heavy atom. The number of carbonyl (C=O) groups excluding carboxylic acids is 2. The van der Waals surface area contributed by atoms with E-state index in [0.717, 1.165) is 12.0 Å². The second-order valence-corrected chi connectivity index (χ2v) is 3.86. The number of imide groups is 1. The molecule has 1 fully saturated rings. The van der Waals surface area contributed by atoms with E-state index in [1.807, 2.05) is 30.3 Å². The van der Waals surface area contributed by atoms with Crippen LogP contribution in [0.1, 0.15) is 18.4 Å². The van der Waals surface area contributed by atoms with Gasteiger partial charge in [0.2, 0.25) is 5.91 Å². The molecule has 0 unspecified atom stereocenters. The molecule has 84 valence electrons. The predicted octanol–water partition coefficient (Wildman–Crippen LogP) is 1.52. The standard InChI is InChI=1S/C12H14N2O2/c15-11-7-4-8-14(12(16)13-11)9-10-5-2-1-3-6-10/h1-3,5-6H,4,7-9H2,(H,13,15,16). The fourth-order valence-corrected chi connectivity index (χ4v) is 1.75. The number of hydrogen-bond donors (Lipinski definition) is 1. The highest BCUT2D eigenvalue weighted by Gasteiger charge is 2.20. The van der Waals surface area contributed by atoms with Crippen LogP contribution in [0.25, 0.3) is 0 Å². The molecule has 1 aromatic rings. The van der Waals surface area contributed by atoms with Crippen molar-refractivity contribution in [1.29, 1.82) is 0 Å². The molecule has 1 aromatic carbocycles. The van der Waals surface area contributed by atoms with Crippen molar-refractivity contribution in [2.45, 2.75) is 19.4 Å². The van der Waals surface area contributed by atoms with Crippen molar-refractivity contribution in [3.63, 3.8) is 0 Å². The Labute approximate surface area is 94.2 Å². The van der Waals surface area contributed by atoms with Gasteiger partial charge in [0.1, 0.15) is 0 Å². The summed E-state index contributed by atoms with van der Waals surface area (Å²) in [6.45, 7) is 1.19. The molecule has 16 heavy (non-hydrogen) atoms. The third kappa shape index (κ3) is 2.59. The minimum absolute atomic E-state index is 0.180. The maximum atomic E-state index is 11.6. The number of benzene rings is 1. The van der Waals surface area contributed by atoms with Crippen LogP contribution in [0, 0.1) is 0 Å². The van der Waals surface area contributed by atoms with E-state index in [1.54, 1.807) is 4.90 Å². The summed E-state index contributed by atoms with van der Waals surface area (Å²) in [5.41, 5.74) is 1.08. The smallest absolute Gasteiger partial charge is 0.320 e. The Kier molecular flexibility index (Phi) is 3.19. The zero-order valence-corrected chi connectivity index (χ0v) is 8.98. The number of hydrogen-bond acceptors (Lipinski definition) is 2. The van der Waals surface area contributed by atoms with E-state index in [-0.39, 0.29) is 11.9 Å². The summed E-state index contributed by atoms with van der Waals surface area (Å²) >= 11 is 0. The van der Waals surface area contributed by atoms with Crippen molar-refractivity contribution >= 4 is 11.9 Å². The van der Waals surface area contributed by atoms with Crippen LogP contribution in [0.3, 0.4) is 0 Å². The van der Waals surface area contributed by atoms with Gasteiger partial charge in [-0.05, 0) is 12.0 Å². The minimum Gasteiger partial charge on any atom is -0.320 e. The highest BCUT2D eigenvalue weighted by atomic mass is 16.2. The topological polar surface area (TPSA) is 49.4 Å². The normalized spacial score (nSPS) is 16.9. The highest BCUT2D eigenvalue weighted by Crippen LogP contribution is 2.08. The molecule has 0 aliphatic carbocycles. The maximum Gasteiger partial charge on any atom is 0.324 e. The van der Waals surface area contributed by atoms with E-state index in [1.165, 1.54) is 0 Å². The first-order valence-electron chi connectivity index (χ1n) is 5.38. The lowest BCUT2D eigenvalue weighted by molar-refractivity contribution is -0.119. The number of nitrogens with one attached hydrogen (secondary N) is 1. The highest BCUT2D eigenvalue weighted by molar-refractivity contribution is 5.94. The van der Waals surface area contributed by atoms with Crippen molar-refractivity contribution in [2.24, 2.45) is 0 Å². The molecule has 0 bridgehead atoms. The number of rotatable bonds is 2. The lowest BCUT2D eigenvalue weighted by Crippen LogP contribution is -2.39. The van der Waals surface area contributed by atoms with Gasteiger partial charge in [-0.2, -0.15) is 0 Å². The Hall–Kier alpha value is -1.84. The van der Waals surface area contributed by atoms with Crippen molar-refractivity contribution in [1.82, 2.24) is 10.2 Å². The van der Waals surface area contributed by atoms with Gasteiger partial charge in [-0.25, -0.2) is 4.79 Å². The van der Waals surface area contributed by atoms with Crippen LogP contribution >= 0.6 is 0 Å². The molecule has 0 saturated carbocycles. The number of amides is 3. The van der Waals surface area contributed by atoms with Gasteiger partial charge < -0.3 is 4.90 Å². The second-order valence-electron chi connectivity index (χ2n) is 3.86. The molecule has 1 saturated heterocycles. The van der Waals surface area contributed by atoms with Crippen LogP contribution in [-0.4, -0.2) is 23.4 Å². The lowest BCUT2D eigenvalue weighted by atomic mass is 10.2. The van der Waals surface area contributed by atoms with Crippen LogP contribution < -0.4 is 5.32 Å². The van der Waals surface area contributed by atoms with E-state index in [4.69, 9.17) is 0 Å². The van der Waals surface area contributed by atoms with Crippen molar-refractivity contribution in [3.8, 4) is 0 Å². The third-order valence-corrected chi connectivity index (χ3v) is 2.58. The summed E-state index contributed by atoms with van der Waals surface area (Å²) in [4.78, 5) is 24.4. The SMILES string of the molecule is O=C1CCCN(Cc2ccccc2)C(=O)N1. The fraction of sp³-hybridized carbons (Fsp3) is 0.333. The molecular formula is C12H14N2O2. The minimum atomic E-state index is -0.286. The predicted molar refractivity (Wildman–Crippen MR) is 59.6 cm³/mol. The van der Waals surface area contributed by atoms with E-state index in [0.29, 0.717) is 19.5 Å². The van der Waals surface area contributed by atoms with Crippen LogP contribution in [0.4, 0.5) is 4.79 Å². The van der Waals surface area contributed by atoms with Gasteiger partial charge in [0.15, 0.2) is 0 Å². The molecule has 0 aromatic heterocycles. The van der Waals surface area contributed by atoms with E-state index in [9.17, 15) is 9.59 Å². The zero-order valence-electron chi connectivity index (χ0n) is 8.98. The first-order valence-corrected chi connectivity index (χ1v) is 5.38. The lowest BCUT2D eigenvalue weighted by Gasteiger charge is -2.19. The summed E-state index contributed by atoms with van der Waals surface area (Å²) in [5.74, 6) is -0.180. The molecule has 1 heterocycles. The number of carbonyl (C=O) groups is 2. The van der Waals surface area contributed by atoms with Gasteiger partial charge in [-0.1, -0.05) is 30.3 Å². The third-order valence-electron chi connectivity index (χ3n) is 2.58. The van der Waals surface area contributed by atoms with Gasteiger partial charge in [0.25, 0.3) is 0 Å². The average molecular weight is 218 g/mol. The zero-order chi connectivity index (χ0) is 11.4. The van der Waals surface area contributed by atoms with Crippen LogP contribution in [0.2, 0.25) is 0 Å². The molecule has 1 aliphatic rings. The Morgan fingerprint density at radius 1 is 1.19 bits per heavy atom. The fourth-order valence-electron chi connectivity index (χ4n) is 1.75. The summed E-state index contributed by atoms with van der Waals surface area (Å²) < 4.78 is 0. The summed E-state index contributed by atoms with van der Waals surface area (Å²) in [7, 11) is 0. The van der Waals surface area contributed by atoms with Gasteiger partial charge in [-0.3, -0.25) is 10.1 Å². The van der Waals surface area contributed by atoms with Gasteiger partial charge in [-0.15, -0.1) is 0 Å². The molecule has 0 spiro atoms. The van der Waals surface area contributed by atoms with E-state index < -0.39 is 0 Å². The van der Waals surface area contributed by atoms with E-state index >= 15 is 0 Å². The second kappa shape index (κ2) is 4.79. The van der Waals surface area contributed by atoms with Crippen LogP contribution in [-0.2, 0) is 11.3 Å². The molecule has 0 atom stereocenters. The largest absolute Gasteiger partial charge is 0.324 e. The van der Waals surface area contributed by atoms with Crippen molar-refractivity contribution in [3.05, 3.63) is 35.9 Å². The number of urea groups is 1.